The highest BCUT2D eigenvalue weighted by atomic mass is 32.1. The molecular formula is C15H24O5S. The second-order valence-electron chi connectivity index (χ2n) is 4.96. The Kier molecular flexibility index (Phi) is 8.52. The molecule has 0 aromatic carbocycles. The van der Waals surface area contributed by atoms with E-state index in [-0.39, 0.29) is 19.0 Å². The summed E-state index contributed by atoms with van der Waals surface area (Å²) in [6.07, 6.45) is 1.81. The molecule has 3 N–H and O–H groups in total. The van der Waals surface area contributed by atoms with Crippen LogP contribution in [0.1, 0.15) is 47.2 Å². The Balaban J connectivity index is 2.26. The summed E-state index contributed by atoms with van der Waals surface area (Å²) in [5.41, 5.74) is 0. The number of aryl methyl sites for hydroxylation is 1. The zero-order valence-corrected chi connectivity index (χ0v) is 13.1. The van der Waals surface area contributed by atoms with Crippen LogP contribution >= 0.6 is 11.3 Å². The molecule has 21 heavy (non-hydrogen) atoms. The maximum absolute atomic E-state index is 11.8. The Morgan fingerprint density at radius 3 is 2.71 bits per heavy atom. The summed E-state index contributed by atoms with van der Waals surface area (Å²) in [6.45, 7) is 1.85. The maximum atomic E-state index is 11.8. The van der Waals surface area contributed by atoms with Gasteiger partial charge in [-0.15, -0.1) is 11.3 Å². The molecular weight excluding hydrogens is 292 g/mol. The molecule has 0 amide bonds. The summed E-state index contributed by atoms with van der Waals surface area (Å²) in [7, 11) is 0. The molecule has 5 nitrogen and oxygen atoms in total. The molecule has 0 saturated carbocycles. The quantitative estimate of drug-likeness (QED) is 0.452. The molecule has 1 heterocycles. The first-order valence-corrected chi connectivity index (χ1v) is 8.13. The highest BCUT2D eigenvalue weighted by Gasteiger charge is 2.15. The van der Waals surface area contributed by atoms with Crippen molar-refractivity contribution in [3.05, 3.63) is 21.9 Å². The van der Waals surface area contributed by atoms with Crippen molar-refractivity contribution < 1.29 is 24.9 Å². The molecule has 0 aliphatic heterocycles. The summed E-state index contributed by atoms with van der Waals surface area (Å²) in [4.78, 5) is 13.6. The third-order valence-corrected chi connectivity index (χ3v) is 4.27. The SMILES string of the molecule is CCCCc1ccc(C(=O)OCCCC(O)C(O)CO)s1. The van der Waals surface area contributed by atoms with Crippen LogP contribution in [0.4, 0.5) is 0 Å². The van der Waals surface area contributed by atoms with Crippen LogP contribution in [0.2, 0.25) is 0 Å². The Morgan fingerprint density at radius 1 is 1.29 bits per heavy atom. The van der Waals surface area contributed by atoms with Crippen LogP contribution in [0, 0.1) is 0 Å². The standard InChI is InChI=1S/C15H24O5S/c1-2-3-5-11-7-8-14(21-11)15(19)20-9-4-6-12(17)13(18)10-16/h7-8,12-13,16-18H,2-6,9-10H2,1H3. The van der Waals surface area contributed by atoms with Crippen LogP contribution in [0.3, 0.4) is 0 Å². The lowest BCUT2D eigenvalue weighted by Gasteiger charge is -2.14. The van der Waals surface area contributed by atoms with Gasteiger partial charge in [0.05, 0.1) is 19.3 Å². The number of esters is 1. The second-order valence-corrected chi connectivity index (χ2v) is 6.13. The van der Waals surface area contributed by atoms with Gasteiger partial charge in [-0.25, -0.2) is 4.79 Å². The number of hydrogen-bond donors (Lipinski definition) is 3. The van der Waals surface area contributed by atoms with E-state index in [2.05, 4.69) is 6.92 Å². The number of unbranched alkanes of at least 4 members (excludes halogenated alkanes) is 1. The van der Waals surface area contributed by atoms with Crippen molar-refractivity contribution in [1.29, 1.82) is 0 Å². The van der Waals surface area contributed by atoms with Gasteiger partial charge in [-0.05, 0) is 37.8 Å². The predicted octanol–water partition coefficient (Wildman–Crippen LogP) is 1.74. The van der Waals surface area contributed by atoms with Crippen molar-refractivity contribution in [2.24, 2.45) is 0 Å². The minimum atomic E-state index is -1.14. The van der Waals surface area contributed by atoms with Crippen LogP contribution in [-0.2, 0) is 11.2 Å². The van der Waals surface area contributed by atoms with Crippen LogP contribution in [0.25, 0.3) is 0 Å². The van der Waals surface area contributed by atoms with E-state index in [9.17, 15) is 15.0 Å². The van der Waals surface area contributed by atoms with Gasteiger partial charge in [0, 0.05) is 4.88 Å². The van der Waals surface area contributed by atoms with Crippen LogP contribution in [0.15, 0.2) is 12.1 Å². The number of carbonyl (C=O) groups is 1. The van der Waals surface area contributed by atoms with E-state index in [1.165, 1.54) is 16.2 Å². The molecule has 0 radical (unpaired) electrons. The molecule has 1 rings (SSSR count). The van der Waals surface area contributed by atoms with Crippen LogP contribution < -0.4 is 0 Å². The lowest BCUT2D eigenvalue weighted by molar-refractivity contribution is -0.0208. The molecule has 1 aromatic heterocycles. The number of aliphatic hydroxyl groups excluding tert-OH is 3. The van der Waals surface area contributed by atoms with Crippen LogP contribution in [-0.4, -0.2) is 46.7 Å². The molecule has 6 heteroatoms. The van der Waals surface area contributed by atoms with Gasteiger partial charge in [0.15, 0.2) is 0 Å². The fourth-order valence-electron chi connectivity index (χ4n) is 1.82. The molecule has 0 bridgehead atoms. The first-order chi connectivity index (χ1) is 10.1. The minimum Gasteiger partial charge on any atom is -0.462 e. The van der Waals surface area contributed by atoms with Gasteiger partial charge in [-0.1, -0.05) is 13.3 Å². The monoisotopic (exact) mass is 316 g/mol. The van der Waals surface area contributed by atoms with Gasteiger partial charge < -0.3 is 20.1 Å². The lowest BCUT2D eigenvalue weighted by Crippen LogP contribution is -2.29. The number of rotatable bonds is 10. The number of carbonyl (C=O) groups excluding carboxylic acids is 1. The Hall–Kier alpha value is -0.950. The van der Waals surface area contributed by atoms with Crippen molar-refractivity contribution in [3.63, 3.8) is 0 Å². The molecule has 0 fully saturated rings. The van der Waals surface area contributed by atoms with Gasteiger partial charge in [0.1, 0.15) is 11.0 Å². The van der Waals surface area contributed by atoms with E-state index < -0.39 is 18.8 Å². The third kappa shape index (κ3) is 6.56. The number of ether oxygens (including phenoxy) is 1. The molecule has 0 spiro atoms. The average molecular weight is 316 g/mol. The largest absolute Gasteiger partial charge is 0.462 e. The normalized spacial score (nSPS) is 13.9. The van der Waals surface area contributed by atoms with Crippen LogP contribution in [0.5, 0.6) is 0 Å². The topological polar surface area (TPSA) is 87.0 Å². The number of thiophene rings is 1. The number of hydrogen-bond acceptors (Lipinski definition) is 6. The molecule has 0 saturated heterocycles. The highest BCUT2D eigenvalue weighted by Crippen LogP contribution is 2.19. The van der Waals surface area contributed by atoms with Gasteiger partial charge in [0.25, 0.3) is 0 Å². The van der Waals surface area contributed by atoms with Gasteiger partial charge in [0.2, 0.25) is 0 Å². The summed E-state index contributed by atoms with van der Waals surface area (Å²) >= 11 is 1.46. The van der Waals surface area contributed by atoms with E-state index in [0.29, 0.717) is 11.3 Å². The Bertz CT molecular complexity index is 418. The summed E-state index contributed by atoms with van der Waals surface area (Å²) in [5, 5.41) is 27.3. The summed E-state index contributed by atoms with van der Waals surface area (Å²) in [5.74, 6) is -0.347. The summed E-state index contributed by atoms with van der Waals surface area (Å²) < 4.78 is 5.13. The van der Waals surface area contributed by atoms with Crippen molar-refractivity contribution in [3.8, 4) is 0 Å². The van der Waals surface area contributed by atoms with E-state index in [1.54, 1.807) is 6.07 Å². The van der Waals surface area contributed by atoms with Crippen molar-refractivity contribution >= 4 is 17.3 Å². The van der Waals surface area contributed by atoms with Crippen molar-refractivity contribution in [1.82, 2.24) is 0 Å². The average Bonchev–Trinajstić information content (AvgIpc) is 2.97. The third-order valence-electron chi connectivity index (χ3n) is 3.15. The first kappa shape index (κ1) is 18.1. The van der Waals surface area contributed by atoms with E-state index in [1.807, 2.05) is 6.07 Å². The zero-order chi connectivity index (χ0) is 15.7. The smallest absolute Gasteiger partial charge is 0.348 e. The molecule has 2 atom stereocenters. The van der Waals surface area contributed by atoms with Crippen molar-refractivity contribution in [2.75, 3.05) is 13.2 Å². The van der Waals surface area contributed by atoms with Gasteiger partial charge in [-0.3, -0.25) is 0 Å². The fourth-order valence-corrected chi connectivity index (χ4v) is 2.76. The Morgan fingerprint density at radius 2 is 2.05 bits per heavy atom. The molecule has 0 aliphatic carbocycles. The zero-order valence-electron chi connectivity index (χ0n) is 12.3. The molecule has 120 valence electrons. The predicted molar refractivity (Wildman–Crippen MR) is 81.5 cm³/mol. The molecule has 0 aliphatic rings. The van der Waals surface area contributed by atoms with E-state index >= 15 is 0 Å². The van der Waals surface area contributed by atoms with E-state index in [0.717, 1.165) is 19.3 Å². The van der Waals surface area contributed by atoms with Crippen molar-refractivity contribution in [2.45, 2.75) is 51.2 Å². The lowest BCUT2D eigenvalue weighted by atomic mass is 10.1. The van der Waals surface area contributed by atoms with Gasteiger partial charge >= 0.3 is 5.97 Å². The summed E-state index contributed by atoms with van der Waals surface area (Å²) in [6, 6.07) is 3.74. The minimum absolute atomic E-state index is 0.191. The maximum Gasteiger partial charge on any atom is 0.348 e. The molecule has 1 aromatic rings. The second kappa shape index (κ2) is 9.89. The number of aliphatic hydroxyl groups is 3. The molecule has 2 unspecified atom stereocenters. The first-order valence-electron chi connectivity index (χ1n) is 7.31. The highest BCUT2D eigenvalue weighted by molar-refractivity contribution is 7.13. The fraction of sp³-hybridized carbons (Fsp3) is 0.667. The van der Waals surface area contributed by atoms with Gasteiger partial charge in [-0.2, -0.15) is 0 Å². The Labute approximate surface area is 129 Å². The van der Waals surface area contributed by atoms with E-state index in [4.69, 9.17) is 9.84 Å².